The molecule has 8 heteroatoms. The highest BCUT2D eigenvalue weighted by Gasteiger charge is 2.12. The summed E-state index contributed by atoms with van der Waals surface area (Å²) in [5.74, 6) is 0. The van der Waals surface area contributed by atoms with Crippen molar-refractivity contribution in [3.8, 4) is 0 Å². The van der Waals surface area contributed by atoms with Gasteiger partial charge in [-0.25, -0.2) is 0 Å². The molecule has 0 saturated carbocycles. The lowest BCUT2D eigenvalue weighted by atomic mass is 10.2. The second kappa shape index (κ2) is 12.7. The van der Waals surface area contributed by atoms with E-state index in [9.17, 15) is 10.1 Å². The summed E-state index contributed by atoms with van der Waals surface area (Å²) in [5, 5.41) is 17.0. The van der Waals surface area contributed by atoms with Crippen molar-refractivity contribution in [3.63, 3.8) is 0 Å². The van der Waals surface area contributed by atoms with E-state index in [0.29, 0.717) is 51.9 Å². The van der Waals surface area contributed by atoms with Crippen molar-refractivity contribution in [3.05, 3.63) is 33.9 Å². The van der Waals surface area contributed by atoms with E-state index in [-0.39, 0.29) is 10.6 Å². The normalized spacial score (nSPS) is 10.8. The third kappa shape index (κ3) is 8.78. The van der Waals surface area contributed by atoms with E-state index < -0.39 is 0 Å². The van der Waals surface area contributed by atoms with Gasteiger partial charge >= 0.3 is 0 Å². The predicted octanol–water partition coefficient (Wildman–Crippen LogP) is 1.58. The molecule has 2 N–H and O–H groups in total. The van der Waals surface area contributed by atoms with E-state index in [4.69, 9.17) is 14.2 Å². The molecule has 136 valence electrons. The highest BCUT2D eigenvalue weighted by Crippen LogP contribution is 2.24. The largest absolute Gasteiger partial charge is 0.378 e. The lowest BCUT2D eigenvalue weighted by molar-refractivity contribution is -0.384. The molecule has 0 heterocycles. The minimum absolute atomic E-state index is 0.0802. The van der Waals surface area contributed by atoms with Crippen LogP contribution in [0.25, 0.3) is 0 Å². The van der Waals surface area contributed by atoms with Gasteiger partial charge in [0.1, 0.15) is 5.69 Å². The number of likely N-dealkylation sites (N-methyl/N-ethyl adjacent to an activating group) is 1. The maximum Gasteiger partial charge on any atom is 0.292 e. The van der Waals surface area contributed by atoms with E-state index in [1.54, 1.807) is 12.1 Å². The van der Waals surface area contributed by atoms with Crippen LogP contribution in [0.1, 0.15) is 5.56 Å². The summed E-state index contributed by atoms with van der Waals surface area (Å²) in [6.07, 6.45) is 0. The molecule has 0 aliphatic rings. The molecule has 1 rings (SSSR count). The van der Waals surface area contributed by atoms with Crippen LogP contribution < -0.4 is 10.6 Å². The molecular weight excluding hydrogens is 314 g/mol. The van der Waals surface area contributed by atoms with E-state index in [2.05, 4.69) is 10.6 Å². The molecule has 8 nitrogen and oxygen atoms in total. The van der Waals surface area contributed by atoms with Crippen LogP contribution in [0, 0.1) is 17.0 Å². The van der Waals surface area contributed by atoms with Crippen molar-refractivity contribution in [2.24, 2.45) is 0 Å². The first-order chi connectivity index (χ1) is 11.6. The van der Waals surface area contributed by atoms with Gasteiger partial charge in [0.15, 0.2) is 0 Å². The molecule has 0 aliphatic heterocycles. The first kappa shape index (κ1) is 20.3. The quantitative estimate of drug-likeness (QED) is 0.301. The number of nitrogens with zero attached hydrogens (tertiary/aromatic N) is 1. The number of hydrogen-bond donors (Lipinski definition) is 2. The summed E-state index contributed by atoms with van der Waals surface area (Å²) in [5.41, 5.74) is 1.44. The molecule has 0 unspecified atom stereocenters. The molecule has 0 saturated heterocycles. The van der Waals surface area contributed by atoms with Crippen LogP contribution in [0.2, 0.25) is 0 Å². The van der Waals surface area contributed by atoms with Crippen molar-refractivity contribution in [2.45, 2.75) is 6.92 Å². The van der Waals surface area contributed by atoms with E-state index in [0.717, 1.165) is 12.1 Å². The number of rotatable bonds is 14. The zero-order chi connectivity index (χ0) is 17.6. The fourth-order valence-corrected chi connectivity index (χ4v) is 1.92. The predicted molar refractivity (Wildman–Crippen MR) is 92.7 cm³/mol. The lowest BCUT2D eigenvalue weighted by Crippen LogP contribution is -2.17. The van der Waals surface area contributed by atoms with Crippen LogP contribution in [0.5, 0.6) is 0 Å². The zero-order valence-corrected chi connectivity index (χ0v) is 14.4. The Morgan fingerprint density at radius 3 is 2.17 bits per heavy atom. The Morgan fingerprint density at radius 2 is 1.58 bits per heavy atom. The smallest absolute Gasteiger partial charge is 0.292 e. The number of nitro groups is 1. The van der Waals surface area contributed by atoms with Crippen LogP contribution in [-0.4, -0.2) is 64.7 Å². The van der Waals surface area contributed by atoms with Crippen LogP contribution >= 0.6 is 0 Å². The summed E-state index contributed by atoms with van der Waals surface area (Å²) < 4.78 is 16.1. The Balaban J connectivity index is 2.04. The van der Waals surface area contributed by atoms with Crippen LogP contribution in [0.15, 0.2) is 18.2 Å². The summed E-state index contributed by atoms with van der Waals surface area (Å²) in [4.78, 5) is 10.6. The highest BCUT2D eigenvalue weighted by molar-refractivity contribution is 5.62. The molecule has 24 heavy (non-hydrogen) atoms. The second-order valence-electron chi connectivity index (χ2n) is 5.15. The topological polar surface area (TPSA) is 94.9 Å². The minimum atomic E-state index is -0.386. The van der Waals surface area contributed by atoms with E-state index >= 15 is 0 Å². The van der Waals surface area contributed by atoms with Gasteiger partial charge in [-0.2, -0.15) is 0 Å². The maximum absolute atomic E-state index is 11.0. The average molecular weight is 341 g/mol. The Hall–Kier alpha value is -1.74. The summed E-state index contributed by atoms with van der Waals surface area (Å²) >= 11 is 0. The molecule has 0 atom stereocenters. The summed E-state index contributed by atoms with van der Waals surface area (Å²) in [6.45, 7) is 6.37. The third-order valence-electron chi connectivity index (χ3n) is 3.15. The van der Waals surface area contributed by atoms with Crippen LogP contribution in [0.3, 0.4) is 0 Å². The third-order valence-corrected chi connectivity index (χ3v) is 3.15. The number of anilines is 1. The van der Waals surface area contributed by atoms with Gasteiger partial charge in [-0.1, -0.05) is 6.07 Å². The molecule has 0 amide bonds. The lowest BCUT2D eigenvalue weighted by Gasteiger charge is -2.09. The SMILES string of the molecule is CNCCOCCOCCOCCNc1ccc(C)cc1[N+](=O)[O-]. The monoisotopic (exact) mass is 341 g/mol. The first-order valence-electron chi connectivity index (χ1n) is 8.02. The van der Waals surface area contributed by atoms with Gasteiger partial charge < -0.3 is 24.8 Å². The number of nitro benzene ring substituents is 1. The second-order valence-corrected chi connectivity index (χ2v) is 5.15. The molecule has 0 aliphatic carbocycles. The number of ether oxygens (including phenoxy) is 3. The summed E-state index contributed by atoms with van der Waals surface area (Å²) in [7, 11) is 1.88. The van der Waals surface area contributed by atoms with Gasteiger partial charge in [0.2, 0.25) is 0 Å². The molecular formula is C16H27N3O5. The van der Waals surface area contributed by atoms with E-state index in [1.807, 2.05) is 20.0 Å². The van der Waals surface area contributed by atoms with Crippen LogP contribution in [0.4, 0.5) is 11.4 Å². The molecule has 0 radical (unpaired) electrons. The van der Waals surface area contributed by atoms with Crippen molar-refractivity contribution in [1.29, 1.82) is 0 Å². The highest BCUT2D eigenvalue weighted by atomic mass is 16.6. The molecule has 0 bridgehead atoms. The fraction of sp³-hybridized carbons (Fsp3) is 0.625. The van der Waals surface area contributed by atoms with Gasteiger partial charge in [0, 0.05) is 19.2 Å². The number of nitrogens with one attached hydrogen (secondary N) is 2. The Labute approximate surface area is 142 Å². The van der Waals surface area contributed by atoms with E-state index in [1.165, 1.54) is 0 Å². The summed E-state index contributed by atoms with van der Waals surface area (Å²) in [6, 6.07) is 5.10. The average Bonchev–Trinajstić information content (AvgIpc) is 2.56. The van der Waals surface area contributed by atoms with Gasteiger partial charge in [-0.15, -0.1) is 0 Å². The van der Waals surface area contributed by atoms with Gasteiger partial charge in [-0.3, -0.25) is 10.1 Å². The standard InChI is InChI=1S/C16H27N3O5/c1-14-3-4-15(16(13-14)19(20)21)18-6-8-23-10-12-24-11-9-22-7-5-17-2/h3-4,13,17-18H,5-12H2,1-2H3. The number of hydrogen-bond acceptors (Lipinski definition) is 7. The van der Waals surface area contributed by atoms with Gasteiger partial charge in [0.05, 0.1) is 44.6 Å². The minimum Gasteiger partial charge on any atom is -0.378 e. The fourth-order valence-electron chi connectivity index (χ4n) is 1.92. The Morgan fingerprint density at radius 1 is 1.00 bits per heavy atom. The van der Waals surface area contributed by atoms with Crippen molar-refractivity contribution in [2.75, 3.05) is 65.1 Å². The maximum atomic E-state index is 11.0. The number of aryl methyl sites for hydroxylation is 1. The molecule has 0 fully saturated rings. The Bertz CT molecular complexity index is 485. The van der Waals surface area contributed by atoms with Crippen LogP contribution in [-0.2, 0) is 14.2 Å². The van der Waals surface area contributed by atoms with Crippen molar-refractivity contribution in [1.82, 2.24) is 5.32 Å². The van der Waals surface area contributed by atoms with Crippen molar-refractivity contribution >= 4 is 11.4 Å². The zero-order valence-electron chi connectivity index (χ0n) is 14.4. The Kier molecular flexibility index (Phi) is 10.7. The number of benzene rings is 1. The van der Waals surface area contributed by atoms with Gasteiger partial charge in [0.25, 0.3) is 5.69 Å². The molecule has 1 aromatic rings. The van der Waals surface area contributed by atoms with Crippen molar-refractivity contribution < 1.29 is 19.1 Å². The van der Waals surface area contributed by atoms with Gasteiger partial charge in [-0.05, 0) is 25.6 Å². The molecule has 1 aromatic carbocycles. The molecule has 0 aromatic heterocycles. The first-order valence-corrected chi connectivity index (χ1v) is 8.02. The molecule has 0 spiro atoms.